The maximum atomic E-state index is 12.4. The number of hydrogen-bond acceptors (Lipinski definition) is 7. The number of hydrogen-bond donors (Lipinski definition) is 2. The Morgan fingerprint density at radius 3 is 2.76 bits per heavy atom. The first kappa shape index (κ1) is 23.6. The minimum absolute atomic E-state index is 0.190. The summed E-state index contributed by atoms with van der Waals surface area (Å²) in [7, 11) is 1.52. The van der Waals surface area contributed by atoms with E-state index in [0.717, 1.165) is 11.1 Å². The number of halogens is 4. The molecule has 12 heteroatoms. The number of fused-ring (bicyclic) bond motifs is 1. The van der Waals surface area contributed by atoms with Crippen molar-refractivity contribution in [3.8, 4) is 5.75 Å². The second kappa shape index (κ2) is 9.72. The molecule has 1 aliphatic heterocycles. The van der Waals surface area contributed by atoms with Gasteiger partial charge >= 0.3 is 6.18 Å². The van der Waals surface area contributed by atoms with E-state index < -0.39 is 12.8 Å². The average Bonchev–Trinajstić information content (AvgIpc) is 2.82. The van der Waals surface area contributed by atoms with Crippen LogP contribution < -0.4 is 20.3 Å². The Bertz CT molecular complexity index is 1210. The summed E-state index contributed by atoms with van der Waals surface area (Å²) in [5.74, 6) is 0.608. The second-order valence-corrected chi connectivity index (χ2v) is 7.92. The molecule has 8 nitrogen and oxygen atoms in total. The standard InChI is InChI=1S/C22H20ClF3N6O2/c1-27-19(33)17-9-15(3-5-18(17)23)30-20-28-12-29-21(31-20)32-7-6-13-8-16(4-2-14(13)10-32)34-11-22(24,25)26/h2-5,8-9,12H,6-7,10-11H2,1H3,(H,27,33)(H,28,29,30,31). The number of alkyl halides is 3. The minimum atomic E-state index is -4.38. The van der Waals surface area contributed by atoms with Gasteiger partial charge in [0.2, 0.25) is 11.9 Å². The maximum absolute atomic E-state index is 12.4. The van der Waals surface area contributed by atoms with Gasteiger partial charge in [-0.2, -0.15) is 18.2 Å². The van der Waals surface area contributed by atoms with Gasteiger partial charge in [0, 0.05) is 25.8 Å². The number of carbonyl (C=O) groups is 1. The largest absolute Gasteiger partial charge is 0.484 e. The highest BCUT2D eigenvalue weighted by atomic mass is 35.5. The Hall–Kier alpha value is -3.60. The van der Waals surface area contributed by atoms with Gasteiger partial charge in [-0.25, -0.2) is 9.97 Å². The fourth-order valence-electron chi connectivity index (χ4n) is 3.50. The van der Waals surface area contributed by atoms with Crippen molar-refractivity contribution in [1.82, 2.24) is 20.3 Å². The lowest BCUT2D eigenvalue weighted by Crippen LogP contribution is -2.32. The van der Waals surface area contributed by atoms with E-state index in [2.05, 4.69) is 25.6 Å². The molecule has 178 valence electrons. The third-order valence-electron chi connectivity index (χ3n) is 5.13. The molecule has 1 amide bonds. The summed E-state index contributed by atoms with van der Waals surface area (Å²) < 4.78 is 42.0. The minimum Gasteiger partial charge on any atom is -0.484 e. The van der Waals surface area contributed by atoms with E-state index in [1.165, 1.54) is 19.4 Å². The molecule has 0 spiro atoms. The van der Waals surface area contributed by atoms with Gasteiger partial charge in [-0.1, -0.05) is 17.7 Å². The number of aromatic nitrogens is 3. The van der Waals surface area contributed by atoms with Crippen molar-refractivity contribution >= 4 is 35.1 Å². The molecule has 1 aliphatic rings. The van der Waals surface area contributed by atoms with Crippen molar-refractivity contribution in [2.75, 3.05) is 30.4 Å². The van der Waals surface area contributed by atoms with Gasteiger partial charge in [0.05, 0.1) is 10.6 Å². The van der Waals surface area contributed by atoms with Gasteiger partial charge in [0.15, 0.2) is 6.61 Å². The lowest BCUT2D eigenvalue weighted by Gasteiger charge is -2.29. The fraction of sp³-hybridized carbons (Fsp3) is 0.273. The molecule has 4 rings (SSSR count). The number of ether oxygens (including phenoxy) is 1. The SMILES string of the molecule is CNC(=O)c1cc(Nc2ncnc(N3CCc4cc(OCC(F)(F)F)ccc4C3)n2)ccc1Cl. The van der Waals surface area contributed by atoms with Crippen LogP contribution in [0, 0.1) is 0 Å². The molecular weight excluding hydrogens is 473 g/mol. The van der Waals surface area contributed by atoms with Crippen LogP contribution in [0.4, 0.5) is 30.8 Å². The normalized spacial score (nSPS) is 13.3. The highest BCUT2D eigenvalue weighted by Gasteiger charge is 2.28. The fourth-order valence-corrected chi connectivity index (χ4v) is 3.70. The molecule has 0 bridgehead atoms. The predicted octanol–water partition coefficient (Wildman–Crippen LogP) is 4.13. The van der Waals surface area contributed by atoms with E-state index in [1.54, 1.807) is 30.3 Å². The summed E-state index contributed by atoms with van der Waals surface area (Å²) >= 11 is 6.09. The Morgan fingerprint density at radius 2 is 2.00 bits per heavy atom. The van der Waals surface area contributed by atoms with Crippen LogP contribution in [0.1, 0.15) is 21.5 Å². The Balaban J connectivity index is 1.46. The van der Waals surface area contributed by atoms with Crippen molar-refractivity contribution in [2.24, 2.45) is 0 Å². The van der Waals surface area contributed by atoms with Crippen LogP contribution in [-0.4, -0.2) is 47.2 Å². The van der Waals surface area contributed by atoms with Crippen molar-refractivity contribution < 1.29 is 22.7 Å². The molecule has 2 aromatic carbocycles. The Morgan fingerprint density at radius 1 is 1.18 bits per heavy atom. The van der Waals surface area contributed by atoms with Crippen LogP contribution in [0.2, 0.25) is 5.02 Å². The predicted molar refractivity (Wildman–Crippen MR) is 121 cm³/mol. The second-order valence-electron chi connectivity index (χ2n) is 7.51. The highest BCUT2D eigenvalue weighted by molar-refractivity contribution is 6.34. The third-order valence-corrected chi connectivity index (χ3v) is 5.46. The number of rotatable bonds is 6. The van der Waals surface area contributed by atoms with Crippen LogP contribution in [0.5, 0.6) is 5.75 Å². The topological polar surface area (TPSA) is 92.3 Å². The molecule has 0 fully saturated rings. The number of carbonyl (C=O) groups excluding carboxylic acids is 1. The molecule has 0 unspecified atom stereocenters. The lowest BCUT2D eigenvalue weighted by molar-refractivity contribution is -0.153. The first-order valence-electron chi connectivity index (χ1n) is 10.3. The van der Waals surface area contributed by atoms with Crippen molar-refractivity contribution in [3.63, 3.8) is 0 Å². The molecule has 0 atom stereocenters. The van der Waals surface area contributed by atoms with Gasteiger partial charge in [0.1, 0.15) is 12.1 Å². The van der Waals surface area contributed by atoms with E-state index in [0.29, 0.717) is 41.7 Å². The van der Waals surface area contributed by atoms with Crippen molar-refractivity contribution in [3.05, 3.63) is 64.4 Å². The summed E-state index contributed by atoms with van der Waals surface area (Å²) in [6.07, 6.45) is -2.41. The van der Waals surface area contributed by atoms with E-state index in [-0.39, 0.29) is 17.6 Å². The molecule has 0 saturated carbocycles. The number of amides is 1. The molecule has 3 aromatic rings. The summed E-state index contributed by atoms with van der Waals surface area (Å²) in [5.41, 5.74) is 2.77. The van der Waals surface area contributed by atoms with Crippen LogP contribution in [0.25, 0.3) is 0 Å². The molecular formula is C22H20ClF3N6O2. The van der Waals surface area contributed by atoms with Crippen LogP contribution in [-0.2, 0) is 13.0 Å². The van der Waals surface area contributed by atoms with Crippen LogP contribution in [0.3, 0.4) is 0 Å². The number of nitrogens with zero attached hydrogens (tertiary/aromatic N) is 4. The molecule has 0 radical (unpaired) electrons. The van der Waals surface area contributed by atoms with Gasteiger partial charge in [0.25, 0.3) is 5.91 Å². The Labute approximate surface area is 198 Å². The van der Waals surface area contributed by atoms with E-state index in [9.17, 15) is 18.0 Å². The summed E-state index contributed by atoms with van der Waals surface area (Å²) in [6, 6.07) is 9.82. The smallest absolute Gasteiger partial charge is 0.422 e. The monoisotopic (exact) mass is 492 g/mol. The van der Waals surface area contributed by atoms with E-state index in [4.69, 9.17) is 16.3 Å². The average molecular weight is 493 g/mol. The van der Waals surface area contributed by atoms with Crippen LogP contribution >= 0.6 is 11.6 Å². The number of nitrogens with one attached hydrogen (secondary N) is 2. The van der Waals surface area contributed by atoms with Gasteiger partial charge < -0.3 is 20.3 Å². The first-order chi connectivity index (χ1) is 16.2. The van der Waals surface area contributed by atoms with Crippen LogP contribution in [0.15, 0.2) is 42.7 Å². The zero-order valence-electron chi connectivity index (χ0n) is 18.0. The molecule has 2 heterocycles. The Kier molecular flexibility index (Phi) is 6.73. The van der Waals surface area contributed by atoms with E-state index in [1.807, 2.05) is 4.90 Å². The maximum Gasteiger partial charge on any atom is 0.422 e. The van der Waals surface area contributed by atoms with Gasteiger partial charge in [-0.15, -0.1) is 0 Å². The number of anilines is 3. The quantitative estimate of drug-likeness (QED) is 0.534. The summed E-state index contributed by atoms with van der Waals surface area (Å²) in [5, 5.41) is 5.90. The first-order valence-corrected chi connectivity index (χ1v) is 10.6. The lowest BCUT2D eigenvalue weighted by atomic mass is 10.00. The highest BCUT2D eigenvalue weighted by Crippen LogP contribution is 2.28. The zero-order valence-corrected chi connectivity index (χ0v) is 18.7. The third kappa shape index (κ3) is 5.66. The number of benzene rings is 2. The molecule has 0 saturated heterocycles. The van der Waals surface area contributed by atoms with Crippen molar-refractivity contribution in [1.29, 1.82) is 0 Å². The summed E-state index contributed by atoms with van der Waals surface area (Å²) in [6.45, 7) is -0.266. The van der Waals surface area contributed by atoms with E-state index >= 15 is 0 Å². The zero-order chi connectivity index (χ0) is 24.3. The molecule has 0 aliphatic carbocycles. The van der Waals surface area contributed by atoms with Gasteiger partial charge in [-0.05, 0) is 47.9 Å². The molecule has 1 aromatic heterocycles. The molecule has 2 N–H and O–H groups in total. The van der Waals surface area contributed by atoms with Gasteiger partial charge in [-0.3, -0.25) is 4.79 Å². The molecule has 34 heavy (non-hydrogen) atoms. The van der Waals surface area contributed by atoms with Crippen molar-refractivity contribution in [2.45, 2.75) is 19.1 Å². The summed E-state index contributed by atoms with van der Waals surface area (Å²) in [4.78, 5) is 26.8.